The fourth-order valence-corrected chi connectivity index (χ4v) is 3.49. The Bertz CT molecular complexity index is 917. The summed E-state index contributed by atoms with van der Waals surface area (Å²) in [7, 11) is 0. The molecule has 0 bridgehead atoms. The Kier molecular flexibility index (Phi) is 4.55. The van der Waals surface area contributed by atoms with Crippen LogP contribution in [0, 0.1) is 5.82 Å². The number of carbonyl (C=O) groups is 2. The molecule has 1 aliphatic heterocycles. The fraction of sp³-hybridized carbons (Fsp3) is 0.333. The zero-order valence-corrected chi connectivity index (χ0v) is 15.4. The second kappa shape index (κ2) is 6.91. The molecule has 0 atom stereocenters. The SMILES string of the molecule is NC1(C(=O)N2CCN(C(=O)c3ccc(-c4cc(O)ccc4F)cc3)CC2)CC1. The van der Waals surface area contributed by atoms with E-state index in [1.807, 2.05) is 0 Å². The lowest BCUT2D eigenvalue weighted by atomic mass is 10.0. The summed E-state index contributed by atoms with van der Waals surface area (Å²) in [5.41, 5.74) is 6.66. The predicted octanol–water partition coefficient (Wildman–Crippen LogP) is 1.97. The third kappa shape index (κ3) is 3.45. The minimum Gasteiger partial charge on any atom is -0.508 e. The minimum atomic E-state index is -0.677. The molecule has 1 saturated carbocycles. The van der Waals surface area contributed by atoms with E-state index in [-0.39, 0.29) is 23.1 Å². The van der Waals surface area contributed by atoms with Crippen molar-refractivity contribution < 1.29 is 19.1 Å². The van der Waals surface area contributed by atoms with E-state index in [9.17, 15) is 19.1 Å². The highest BCUT2D eigenvalue weighted by Gasteiger charge is 2.48. The summed E-state index contributed by atoms with van der Waals surface area (Å²) in [4.78, 5) is 28.5. The molecule has 0 radical (unpaired) electrons. The third-order valence-electron chi connectivity index (χ3n) is 5.46. The summed E-state index contributed by atoms with van der Waals surface area (Å²) in [5, 5.41) is 9.56. The molecule has 6 nitrogen and oxygen atoms in total. The number of benzene rings is 2. The first-order valence-corrected chi connectivity index (χ1v) is 9.34. The van der Waals surface area contributed by atoms with Gasteiger partial charge in [-0.05, 0) is 48.7 Å². The van der Waals surface area contributed by atoms with E-state index in [2.05, 4.69) is 0 Å². The second-order valence-corrected chi connectivity index (χ2v) is 7.48. The van der Waals surface area contributed by atoms with Gasteiger partial charge in [-0.25, -0.2) is 4.39 Å². The summed E-state index contributed by atoms with van der Waals surface area (Å²) in [6.45, 7) is 1.89. The summed E-state index contributed by atoms with van der Waals surface area (Å²) in [6.07, 6.45) is 1.47. The van der Waals surface area contributed by atoms with Gasteiger partial charge in [0.2, 0.25) is 5.91 Å². The lowest BCUT2D eigenvalue weighted by Gasteiger charge is -2.36. The molecule has 1 heterocycles. The summed E-state index contributed by atoms with van der Waals surface area (Å²) in [6, 6.07) is 10.5. The smallest absolute Gasteiger partial charge is 0.253 e. The molecule has 2 aromatic carbocycles. The molecule has 4 rings (SSSR count). The predicted molar refractivity (Wildman–Crippen MR) is 102 cm³/mol. The maximum absolute atomic E-state index is 14.0. The van der Waals surface area contributed by atoms with E-state index < -0.39 is 11.4 Å². The molecule has 2 aromatic rings. The van der Waals surface area contributed by atoms with Gasteiger partial charge < -0.3 is 20.6 Å². The number of rotatable bonds is 3. The highest BCUT2D eigenvalue weighted by Crippen LogP contribution is 2.34. The van der Waals surface area contributed by atoms with Crippen LogP contribution in [0.4, 0.5) is 4.39 Å². The van der Waals surface area contributed by atoms with Gasteiger partial charge in [-0.1, -0.05) is 12.1 Å². The lowest BCUT2D eigenvalue weighted by Crippen LogP contribution is -2.55. The molecule has 2 fully saturated rings. The molecule has 2 amide bonds. The van der Waals surface area contributed by atoms with Crippen molar-refractivity contribution in [3.63, 3.8) is 0 Å². The maximum Gasteiger partial charge on any atom is 0.253 e. The van der Waals surface area contributed by atoms with Crippen LogP contribution in [0.5, 0.6) is 5.75 Å². The highest BCUT2D eigenvalue weighted by molar-refractivity contribution is 5.95. The number of amides is 2. The minimum absolute atomic E-state index is 0.0166. The molecule has 28 heavy (non-hydrogen) atoms. The largest absolute Gasteiger partial charge is 0.508 e. The van der Waals surface area contributed by atoms with Crippen LogP contribution < -0.4 is 5.73 Å². The molecule has 146 valence electrons. The molecule has 0 aromatic heterocycles. The van der Waals surface area contributed by atoms with Gasteiger partial charge in [0, 0.05) is 37.3 Å². The third-order valence-corrected chi connectivity index (χ3v) is 5.46. The Morgan fingerprint density at radius 2 is 1.57 bits per heavy atom. The zero-order chi connectivity index (χ0) is 19.9. The van der Waals surface area contributed by atoms with Gasteiger partial charge in [-0.3, -0.25) is 9.59 Å². The van der Waals surface area contributed by atoms with E-state index in [0.29, 0.717) is 37.3 Å². The van der Waals surface area contributed by atoms with Crippen molar-refractivity contribution in [3.8, 4) is 16.9 Å². The number of phenols is 1. The standard InChI is InChI=1S/C21H22FN3O3/c22-18-6-5-16(26)13-17(18)14-1-3-15(4-2-14)19(27)24-9-11-25(12-10-24)20(28)21(23)7-8-21/h1-6,13,26H,7-12,23H2. The molecule has 3 N–H and O–H groups in total. The summed E-state index contributed by atoms with van der Waals surface area (Å²) in [5.74, 6) is -0.596. The number of nitrogens with zero attached hydrogens (tertiary/aromatic N) is 2. The number of hydrogen-bond donors (Lipinski definition) is 2. The first-order valence-electron chi connectivity index (χ1n) is 9.34. The number of halogens is 1. The summed E-state index contributed by atoms with van der Waals surface area (Å²) >= 11 is 0. The topological polar surface area (TPSA) is 86.9 Å². The average Bonchev–Trinajstić information content (AvgIpc) is 3.47. The number of nitrogens with two attached hydrogens (primary N) is 1. The fourth-order valence-electron chi connectivity index (χ4n) is 3.49. The van der Waals surface area contributed by atoms with Crippen LogP contribution in [0.15, 0.2) is 42.5 Å². The van der Waals surface area contributed by atoms with Crippen molar-refractivity contribution >= 4 is 11.8 Å². The van der Waals surface area contributed by atoms with Crippen molar-refractivity contribution in [3.05, 3.63) is 53.8 Å². The van der Waals surface area contributed by atoms with Gasteiger partial charge in [-0.2, -0.15) is 0 Å². The number of piperazine rings is 1. The quantitative estimate of drug-likeness (QED) is 0.849. The molecule has 0 unspecified atom stereocenters. The van der Waals surface area contributed by atoms with E-state index in [0.717, 1.165) is 12.8 Å². The van der Waals surface area contributed by atoms with E-state index in [1.165, 1.54) is 18.2 Å². The van der Waals surface area contributed by atoms with Crippen molar-refractivity contribution in [2.45, 2.75) is 18.4 Å². The van der Waals surface area contributed by atoms with Gasteiger partial charge in [0.05, 0.1) is 5.54 Å². The Morgan fingerprint density at radius 1 is 0.964 bits per heavy atom. The lowest BCUT2D eigenvalue weighted by molar-refractivity contribution is -0.135. The Morgan fingerprint density at radius 3 is 2.18 bits per heavy atom. The van der Waals surface area contributed by atoms with Gasteiger partial charge in [0.15, 0.2) is 0 Å². The molecule has 1 aliphatic carbocycles. The Labute approximate surface area is 162 Å². The number of carbonyl (C=O) groups excluding carboxylic acids is 2. The van der Waals surface area contributed by atoms with Crippen LogP contribution in [0.25, 0.3) is 11.1 Å². The van der Waals surface area contributed by atoms with Gasteiger partial charge in [0.1, 0.15) is 11.6 Å². The zero-order valence-electron chi connectivity index (χ0n) is 15.4. The van der Waals surface area contributed by atoms with E-state index >= 15 is 0 Å². The molecule has 2 aliphatic rings. The van der Waals surface area contributed by atoms with Crippen molar-refractivity contribution in [1.29, 1.82) is 0 Å². The van der Waals surface area contributed by atoms with Crippen LogP contribution in [-0.4, -0.2) is 58.4 Å². The Hall–Kier alpha value is -2.93. The molecule has 7 heteroatoms. The normalized spacial score (nSPS) is 18.1. The van der Waals surface area contributed by atoms with Gasteiger partial charge >= 0.3 is 0 Å². The van der Waals surface area contributed by atoms with Crippen LogP contribution in [0.3, 0.4) is 0 Å². The average molecular weight is 383 g/mol. The van der Waals surface area contributed by atoms with Crippen LogP contribution in [-0.2, 0) is 4.79 Å². The van der Waals surface area contributed by atoms with Gasteiger partial charge in [0.25, 0.3) is 5.91 Å². The molecular formula is C21H22FN3O3. The van der Waals surface area contributed by atoms with Crippen LogP contribution in [0.1, 0.15) is 23.2 Å². The number of aromatic hydroxyl groups is 1. The first-order chi connectivity index (χ1) is 13.4. The number of hydrogen-bond acceptors (Lipinski definition) is 4. The van der Waals surface area contributed by atoms with Crippen LogP contribution >= 0.6 is 0 Å². The van der Waals surface area contributed by atoms with Crippen molar-refractivity contribution in [2.75, 3.05) is 26.2 Å². The highest BCUT2D eigenvalue weighted by atomic mass is 19.1. The monoisotopic (exact) mass is 383 g/mol. The molecular weight excluding hydrogens is 361 g/mol. The van der Waals surface area contributed by atoms with E-state index in [4.69, 9.17) is 5.73 Å². The molecule has 0 spiro atoms. The molecule has 1 saturated heterocycles. The van der Waals surface area contributed by atoms with Gasteiger partial charge in [-0.15, -0.1) is 0 Å². The second-order valence-electron chi connectivity index (χ2n) is 7.48. The number of phenolic OH excluding ortho intramolecular Hbond substituents is 1. The maximum atomic E-state index is 14.0. The first kappa shape index (κ1) is 18.4. The van der Waals surface area contributed by atoms with Crippen molar-refractivity contribution in [1.82, 2.24) is 9.80 Å². The van der Waals surface area contributed by atoms with E-state index in [1.54, 1.807) is 34.1 Å². The Balaban J connectivity index is 1.42. The van der Waals surface area contributed by atoms with Crippen molar-refractivity contribution in [2.24, 2.45) is 5.73 Å². The summed E-state index contributed by atoms with van der Waals surface area (Å²) < 4.78 is 14.0. The van der Waals surface area contributed by atoms with Crippen LogP contribution in [0.2, 0.25) is 0 Å².